The number of rotatable bonds is 3. The van der Waals surface area contributed by atoms with Crippen LogP contribution in [0.1, 0.15) is 0 Å². The summed E-state index contributed by atoms with van der Waals surface area (Å²) in [6, 6.07) is 0. The molecule has 0 fully saturated rings. The van der Waals surface area contributed by atoms with Gasteiger partial charge < -0.3 is 0 Å². The molecular weight excluding hydrogens is 163 g/mol. The SMILES string of the molecule is C=CC(C(=O)Cl)C(=O)Cl. The molecule has 0 aromatic rings. The molecule has 0 N–H and O–H groups in total. The largest absolute Gasteiger partial charge is 0.280 e. The van der Waals surface area contributed by atoms with Crippen molar-refractivity contribution in [3.63, 3.8) is 0 Å². The molecule has 0 aliphatic heterocycles. The Bertz CT molecular complexity index is 139. The van der Waals surface area contributed by atoms with Crippen molar-refractivity contribution in [1.82, 2.24) is 0 Å². The molecule has 9 heavy (non-hydrogen) atoms. The zero-order valence-corrected chi connectivity index (χ0v) is 5.95. The Morgan fingerprint density at radius 3 is 1.67 bits per heavy atom. The number of hydrogen-bond donors (Lipinski definition) is 0. The van der Waals surface area contributed by atoms with Crippen LogP contribution < -0.4 is 0 Å². The van der Waals surface area contributed by atoms with Gasteiger partial charge in [0.2, 0.25) is 10.5 Å². The van der Waals surface area contributed by atoms with E-state index in [-0.39, 0.29) is 0 Å². The summed E-state index contributed by atoms with van der Waals surface area (Å²) in [6.07, 6.45) is 1.10. The van der Waals surface area contributed by atoms with Crippen LogP contribution in [0.4, 0.5) is 0 Å². The highest BCUT2D eigenvalue weighted by Gasteiger charge is 2.18. The lowest BCUT2D eigenvalue weighted by molar-refractivity contribution is -0.122. The minimum atomic E-state index is -1.06. The Morgan fingerprint density at radius 2 is 1.67 bits per heavy atom. The molecule has 0 radical (unpaired) electrons. The molecule has 0 unspecified atom stereocenters. The molecule has 0 saturated heterocycles. The van der Waals surface area contributed by atoms with Gasteiger partial charge in [-0.3, -0.25) is 9.59 Å². The maximum Gasteiger partial charge on any atom is 0.237 e. The van der Waals surface area contributed by atoms with E-state index >= 15 is 0 Å². The van der Waals surface area contributed by atoms with Crippen molar-refractivity contribution in [2.75, 3.05) is 0 Å². The molecule has 0 atom stereocenters. The summed E-state index contributed by atoms with van der Waals surface area (Å²) in [5.74, 6) is -1.06. The van der Waals surface area contributed by atoms with Gasteiger partial charge in [0.25, 0.3) is 0 Å². The van der Waals surface area contributed by atoms with Gasteiger partial charge in [-0.25, -0.2) is 0 Å². The van der Waals surface area contributed by atoms with E-state index in [1.165, 1.54) is 0 Å². The third-order valence-corrected chi connectivity index (χ3v) is 1.19. The second-order valence-electron chi connectivity index (χ2n) is 1.32. The molecule has 0 heterocycles. The number of halogens is 2. The Kier molecular flexibility index (Phi) is 3.50. The highest BCUT2D eigenvalue weighted by molar-refractivity contribution is 6.73. The van der Waals surface area contributed by atoms with Crippen molar-refractivity contribution < 1.29 is 9.59 Å². The topological polar surface area (TPSA) is 34.1 Å². The lowest BCUT2D eigenvalue weighted by atomic mass is 10.2. The van der Waals surface area contributed by atoms with E-state index in [4.69, 9.17) is 23.2 Å². The first kappa shape index (κ1) is 8.66. The Labute approximate surface area is 62.4 Å². The summed E-state index contributed by atoms with van der Waals surface area (Å²) in [6.45, 7) is 3.19. The minimum Gasteiger partial charge on any atom is -0.280 e. The van der Waals surface area contributed by atoms with Gasteiger partial charge in [0, 0.05) is 0 Å². The molecular formula is C5H4Cl2O2. The maximum absolute atomic E-state index is 10.2. The predicted molar refractivity (Wildman–Crippen MR) is 35.4 cm³/mol. The highest BCUT2D eigenvalue weighted by atomic mass is 35.5. The Balaban J connectivity index is 4.16. The molecule has 0 aliphatic rings. The van der Waals surface area contributed by atoms with Crippen LogP contribution in [0, 0.1) is 5.92 Å². The van der Waals surface area contributed by atoms with Crippen LogP contribution in [0.3, 0.4) is 0 Å². The van der Waals surface area contributed by atoms with E-state index in [1.54, 1.807) is 0 Å². The first-order valence-electron chi connectivity index (χ1n) is 2.11. The summed E-state index contributed by atoms with van der Waals surface area (Å²) in [5, 5.41) is -1.60. The quantitative estimate of drug-likeness (QED) is 0.360. The average Bonchev–Trinajstić information content (AvgIpc) is 1.64. The zero-order valence-electron chi connectivity index (χ0n) is 4.43. The first-order valence-corrected chi connectivity index (χ1v) is 2.86. The molecule has 0 amide bonds. The summed E-state index contributed by atoms with van der Waals surface area (Å²) >= 11 is 9.85. The predicted octanol–water partition coefficient (Wildman–Crippen LogP) is 1.32. The van der Waals surface area contributed by atoms with E-state index in [9.17, 15) is 9.59 Å². The van der Waals surface area contributed by atoms with Crippen LogP contribution in [0.25, 0.3) is 0 Å². The fourth-order valence-corrected chi connectivity index (χ4v) is 0.707. The van der Waals surface area contributed by atoms with Crippen LogP contribution in [-0.4, -0.2) is 10.5 Å². The van der Waals surface area contributed by atoms with Gasteiger partial charge in [0.05, 0.1) is 0 Å². The number of allylic oxidation sites excluding steroid dienone is 1. The normalized spacial score (nSPS) is 9.22. The summed E-state index contributed by atoms with van der Waals surface area (Å²) < 4.78 is 0. The summed E-state index contributed by atoms with van der Waals surface area (Å²) in [5.41, 5.74) is 0. The number of hydrogen-bond acceptors (Lipinski definition) is 2. The average molecular weight is 167 g/mol. The van der Waals surface area contributed by atoms with Gasteiger partial charge in [-0.2, -0.15) is 0 Å². The van der Waals surface area contributed by atoms with E-state index in [0.717, 1.165) is 6.08 Å². The van der Waals surface area contributed by atoms with Gasteiger partial charge in [-0.15, -0.1) is 6.58 Å². The standard InChI is InChI=1S/C5H4Cl2O2/c1-2-3(4(6)8)5(7)9/h2-3H,1H2. The zero-order chi connectivity index (χ0) is 7.44. The Morgan fingerprint density at radius 1 is 1.33 bits per heavy atom. The van der Waals surface area contributed by atoms with Crippen molar-refractivity contribution in [2.45, 2.75) is 0 Å². The van der Waals surface area contributed by atoms with Gasteiger partial charge in [-0.05, 0) is 23.2 Å². The van der Waals surface area contributed by atoms with Crippen LogP contribution in [0.2, 0.25) is 0 Å². The van der Waals surface area contributed by atoms with Crippen LogP contribution in [-0.2, 0) is 9.59 Å². The summed E-state index contributed by atoms with van der Waals surface area (Å²) in [4.78, 5) is 20.4. The second kappa shape index (κ2) is 3.64. The van der Waals surface area contributed by atoms with Gasteiger partial charge in [-0.1, -0.05) is 6.08 Å². The molecule has 0 aromatic heterocycles. The van der Waals surface area contributed by atoms with Crippen LogP contribution >= 0.6 is 23.2 Å². The monoisotopic (exact) mass is 166 g/mol. The molecule has 0 bridgehead atoms. The lowest BCUT2D eigenvalue weighted by Gasteiger charge is -1.95. The highest BCUT2D eigenvalue weighted by Crippen LogP contribution is 2.06. The van der Waals surface area contributed by atoms with Crippen molar-refractivity contribution in [1.29, 1.82) is 0 Å². The fourth-order valence-electron chi connectivity index (χ4n) is 0.275. The fraction of sp³-hybridized carbons (Fsp3) is 0.200. The Hall–Kier alpha value is -0.340. The molecule has 4 heteroatoms. The molecule has 0 spiro atoms. The lowest BCUT2D eigenvalue weighted by Crippen LogP contribution is -2.12. The third kappa shape index (κ3) is 2.63. The molecule has 0 aliphatic carbocycles. The van der Waals surface area contributed by atoms with Gasteiger partial charge in [0.15, 0.2) is 0 Å². The first-order chi connectivity index (χ1) is 4.09. The minimum absolute atomic E-state index is 0.801. The molecule has 2 nitrogen and oxygen atoms in total. The van der Waals surface area contributed by atoms with Gasteiger partial charge >= 0.3 is 0 Å². The van der Waals surface area contributed by atoms with E-state index < -0.39 is 16.4 Å². The number of carbonyl (C=O) groups excluding carboxylic acids is 2. The van der Waals surface area contributed by atoms with Gasteiger partial charge in [0.1, 0.15) is 5.92 Å². The molecule has 0 rings (SSSR count). The van der Waals surface area contributed by atoms with Crippen LogP contribution in [0.5, 0.6) is 0 Å². The van der Waals surface area contributed by atoms with Crippen molar-refractivity contribution >= 4 is 33.7 Å². The van der Waals surface area contributed by atoms with Crippen molar-refractivity contribution in [3.8, 4) is 0 Å². The third-order valence-electron chi connectivity index (χ3n) is 0.725. The van der Waals surface area contributed by atoms with E-state index in [2.05, 4.69) is 6.58 Å². The second-order valence-corrected chi connectivity index (χ2v) is 2.07. The number of carbonyl (C=O) groups is 2. The van der Waals surface area contributed by atoms with Crippen molar-refractivity contribution in [3.05, 3.63) is 12.7 Å². The summed E-state index contributed by atoms with van der Waals surface area (Å²) in [7, 11) is 0. The maximum atomic E-state index is 10.2. The smallest absolute Gasteiger partial charge is 0.237 e. The molecule has 50 valence electrons. The van der Waals surface area contributed by atoms with E-state index in [1.807, 2.05) is 0 Å². The van der Waals surface area contributed by atoms with Crippen LogP contribution in [0.15, 0.2) is 12.7 Å². The van der Waals surface area contributed by atoms with Crippen molar-refractivity contribution in [2.24, 2.45) is 5.92 Å². The van der Waals surface area contributed by atoms with E-state index in [0.29, 0.717) is 0 Å². The molecule has 0 saturated carbocycles. The molecule has 0 aromatic carbocycles.